The van der Waals surface area contributed by atoms with Crippen molar-refractivity contribution in [1.29, 1.82) is 0 Å². The second-order valence-corrected chi connectivity index (χ2v) is 4.29. The summed E-state index contributed by atoms with van der Waals surface area (Å²) in [5.74, 6) is 0.448. The first kappa shape index (κ1) is 11.9. The summed E-state index contributed by atoms with van der Waals surface area (Å²) in [6.45, 7) is 3.30. The minimum atomic E-state index is -0.565. The molecule has 0 aliphatic rings. The summed E-state index contributed by atoms with van der Waals surface area (Å²) in [5.41, 5.74) is -0.933. The van der Waals surface area contributed by atoms with E-state index in [0.29, 0.717) is 5.75 Å². The fraction of sp³-hybridized carbons (Fsp3) is 0.556. The summed E-state index contributed by atoms with van der Waals surface area (Å²) in [7, 11) is 0. The lowest BCUT2D eigenvalue weighted by Crippen LogP contribution is -2.33. The van der Waals surface area contributed by atoms with E-state index < -0.39 is 11.2 Å². The van der Waals surface area contributed by atoms with Gasteiger partial charge in [-0.15, -0.1) is 0 Å². The molecule has 0 radical (unpaired) electrons. The molecule has 1 heterocycles. The van der Waals surface area contributed by atoms with Gasteiger partial charge in [0.05, 0.1) is 5.56 Å². The van der Waals surface area contributed by atoms with Crippen molar-refractivity contribution >= 4 is 11.8 Å². The van der Waals surface area contributed by atoms with Crippen LogP contribution in [0.2, 0.25) is 0 Å². The standard InChI is InChI=1S/C9H14N2O3S/c1-5(4-15-3)11-8(13)6(2)7(12)10-9(11)14/h5,13H,4H2,1-3H3,(H,10,12,14). The first-order valence-electron chi connectivity index (χ1n) is 4.52. The Labute approximate surface area is 91.1 Å². The van der Waals surface area contributed by atoms with E-state index in [9.17, 15) is 14.7 Å². The lowest BCUT2D eigenvalue weighted by molar-refractivity contribution is 0.379. The van der Waals surface area contributed by atoms with E-state index in [1.807, 2.05) is 13.2 Å². The van der Waals surface area contributed by atoms with Gasteiger partial charge in [-0.25, -0.2) is 4.79 Å². The van der Waals surface area contributed by atoms with Crippen LogP contribution in [0.3, 0.4) is 0 Å². The van der Waals surface area contributed by atoms with Crippen LogP contribution in [0, 0.1) is 6.92 Å². The molecule has 0 saturated carbocycles. The second kappa shape index (κ2) is 4.57. The lowest BCUT2D eigenvalue weighted by Gasteiger charge is -2.15. The van der Waals surface area contributed by atoms with E-state index in [4.69, 9.17) is 0 Å². The molecule has 1 rings (SSSR count). The summed E-state index contributed by atoms with van der Waals surface area (Å²) in [6.07, 6.45) is 1.91. The van der Waals surface area contributed by atoms with Crippen LogP contribution in [-0.4, -0.2) is 26.7 Å². The molecule has 0 aliphatic heterocycles. The fourth-order valence-electron chi connectivity index (χ4n) is 1.35. The van der Waals surface area contributed by atoms with Crippen LogP contribution in [0.4, 0.5) is 0 Å². The Morgan fingerprint density at radius 2 is 2.13 bits per heavy atom. The van der Waals surface area contributed by atoms with E-state index in [1.54, 1.807) is 11.8 Å². The van der Waals surface area contributed by atoms with Crippen molar-refractivity contribution in [2.45, 2.75) is 19.9 Å². The summed E-state index contributed by atoms with van der Waals surface area (Å²) >= 11 is 1.57. The highest BCUT2D eigenvalue weighted by molar-refractivity contribution is 7.98. The van der Waals surface area contributed by atoms with Crippen molar-refractivity contribution in [1.82, 2.24) is 9.55 Å². The molecule has 5 nitrogen and oxygen atoms in total. The molecule has 0 bridgehead atoms. The number of aromatic amines is 1. The van der Waals surface area contributed by atoms with Crippen molar-refractivity contribution in [3.05, 3.63) is 26.4 Å². The third kappa shape index (κ3) is 2.26. The molecular weight excluding hydrogens is 216 g/mol. The van der Waals surface area contributed by atoms with Crippen molar-refractivity contribution < 1.29 is 5.11 Å². The average molecular weight is 230 g/mol. The largest absolute Gasteiger partial charge is 0.494 e. The molecular formula is C9H14N2O3S. The molecule has 1 unspecified atom stereocenters. The number of hydrogen-bond acceptors (Lipinski definition) is 4. The van der Waals surface area contributed by atoms with Gasteiger partial charge in [0, 0.05) is 11.8 Å². The molecule has 1 aromatic rings. The van der Waals surface area contributed by atoms with E-state index in [0.717, 1.165) is 0 Å². The minimum Gasteiger partial charge on any atom is -0.494 e. The van der Waals surface area contributed by atoms with Crippen LogP contribution in [0.1, 0.15) is 18.5 Å². The van der Waals surface area contributed by atoms with Gasteiger partial charge in [-0.3, -0.25) is 14.3 Å². The Morgan fingerprint density at radius 1 is 1.53 bits per heavy atom. The van der Waals surface area contributed by atoms with Gasteiger partial charge < -0.3 is 5.11 Å². The monoisotopic (exact) mass is 230 g/mol. The summed E-state index contributed by atoms with van der Waals surface area (Å²) < 4.78 is 1.20. The van der Waals surface area contributed by atoms with Gasteiger partial charge in [-0.2, -0.15) is 11.8 Å². The van der Waals surface area contributed by atoms with E-state index >= 15 is 0 Å². The van der Waals surface area contributed by atoms with Crippen LogP contribution in [0.25, 0.3) is 0 Å². The van der Waals surface area contributed by atoms with Gasteiger partial charge in [0.1, 0.15) is 0 Å². The molecule has 0 aliphatic carbocycles. The molecule has 0 aromatic carbocycles. The quantitative estimate of drug-likeness (QED) is 0.791. The highest BCUT2D eigenvalue weighted by Gasteiger charge is 2.14. The molecule has 15 heavy (non-hydrogen) atoms. The highest BCUT2D eigenvalue weighted by atomic mass is 32.2. The Balaban J connectivity index is 3.36. The van der Waals surface area contributed by atoms with Crippen LogP contribution >= 0.6 is 11.8 Å². The van der Waals surface area contributed by atoms with Crippen LogP contribution < -0.4 is 11.2 Å². The lowest BCUT2D eigenvalue weighted by atomic mass is 10.3. The molecule has 2 N–H and O–H groups in total. The van der Waals surface area contributed by atoms with Crippen molar-refractivity contribution in [3.63, 3.8) is 0 Å². The third-order valence-corrected chi connectivity index (χ3v) is 3.01. The molecule has 0 amide bonds. The molecule has 0 fully saturated rings. The number of thioether (sulfide) groups is 1. The predicted molar refractivity (Wildman–Crippen MR) is 60.8 cm³/mol. The van der Waals surface area contributed by atoms with E-state index in [1.165, 1.54) is 11.5 Å². The molecule has 6 heteroatoms. The number of H-pyrrole nitrogens is 1. The van der Waals surface area contributed by atoms with Gasteiger partial charge >= 0.3 is 5.69 Å². The van der Waals surface area contributed by atoms with Crippen molar-refractivity contribution in [2.24, 2.45) is 0 Å². The Bertz CT molecular complexity index is 463. The number of aromatic nitrogens is 2. The molecule has 0 spiro atoms. The molecule has 0 saturated heterocycles. The number of hydrogen-bond donors (Lipinski definition) is 2. The number of rotatable bonds is 3. The smallest absolute Gasteiger partial charge is 0.331 e. The zero-order valence-electron chi connectivity index (χ0n) is 8.90. The number of nitrogens with one attached hydrogen (secondary N) is 1. The summed E-state index contributed by atoms with van der Waals surface area (Å²) in [5, 5.41) is 9.69. The van der Waals surface area contributed by atoms with Crippen molar-refractivity contribution in [2.75, 3.05) is 12.0 Å². The molecule has 1 aromatic heterocycles. The summed E-state index contributed by atoms with van der Waals surface area (Å²) in [6, 6.07) is -0.150. The van der Waals surface area contributed by atoms with Gasteiger partial charge in [0.15, 0.2) is 0 Å². The summed E-state index contributed by atoms with van der Waals surface area (Å²) in [4.78, 5) is 24.8. The topological polar surface area (TPSA) is 75.1 Å². The number of nitrogens with zero attached hydrogens (tertiary/aromatic N) is 1. The molecule has 84 valence electrons. The third-order valence-electron chi connectivity index (χ3n) is 2.19. The number of aromatic hydroxyl groups is 1. The van der Waals surface area contributed by atoms with Crippen LogP contribution in [0.5, 0.6) is 5.88 Å². The SMILES string of the molecule is CSCC(C)n1c(O)c(C)c(=O)[nH]c1=O. The maximum atomic E-state index is 11.5. The van der Waals surface area contributed by atoms with Crippen molar-refractivity contribution in [3.8, 4) is 5.88 Å². The minimum absolute atomic E-state index is 0.150. The van der Waals surface area contributed by atoms with Gasteiger partial charge in [-0.05, 0) is 20.1 Å². The Hall–Kier alpha value is -1.17. The fourth-order valence-corrected chi connectivity index (χ4v) is 1.99. The zero-order valence-corrected chi connectivity index (χ0v) is 9.72. The van der Waals surface area contributed by atoms with Crippen LogP contribution in [-0.2, 0) is 0 Å². The van der Waals surface area contributed by atoms with Gasteiger partial charge in [-0.1, -0.05) is 0 Å². The van der Waals surface area contributed by atoms with Gasteiger partial charge in [0.25, 0.3) is 5.56 Å². The normalized spacial score (nSPS) is 12.7. The van der Waals surface area contributed by atoms with E-state index in [-0.39, 0.29) is 17.5 Å². The molecule has 1 atom stereocenters. The van der Waals surface area contributed by atoms with Gasteiger partial charge in [0.2, 0.25) is 5.88 Å². The Kier molecular flexibility index (Phi) is 3.62. The Morgan fingerprint density at radius 3 is 2.67 bits per heavy atom. The maximum Gasteiger partial charge on any atom is 0.331 e. The second-order valence-electron chi connectivity index (χ2n) is 3.38. The zero-order chi connectivity index (χ0) is 11.6. The average Bonchev–Trinajstić information content (AvgIpc) is 2.15. The maximum absolute atomic E-state index is 11.5. The highest BCUT2D eigenvalue weighted by Crippen LogP contribution is 2.17. The predicted octanol–water partition coefficient (Wildman–Crippen LogP) is 0.475. The first-order chi connectivity index (χ1) is 6.99. The first-order valence-corrected chi connectivity index (χ1v) is 5.91. The van der Waals surface area contributed by atoms with Crippen LogP contribution in [0.15, 0.2) is 9.59 Å². The van der Waals surface area contributed by atoms with E-state index in [2.05, 4.69) is 4.98 Å².